The first-order chi connectivity index (χ1) is 16.9. The highest BCUT2D eigenvalue weighted by atomic mass is 16.5. The van der Waals surface area contributed by atoms with Crippen molar-refractivity contribution in [2.75, 3.05) is 12.4 Å². The summed E-state index contributed by atoms with van der Waals surface area (Å²) >= 11 is 0. The number of nitrogens with zero attached hydrogens (tertiary/aromatic N) is 7. The second-order valence-corrected chi connectivity index (χ2v) is 8.41. The van der Waals surface area contributed by atoms with Crippen LogP contribution in [0.3, 0.4) is 0 Å². The molecule has 1 aromatic carbocycles. The van der Waals surface area contributed by atoms with Crippen LogP contribution in [0, 0.1) is 20.8 Å². The van der Waals surface area contributed by atoms with Crippen LogP contribution in [0.1, 0.15) is 33.1 Å². The quantitative estimate of drug-likeness (QED) is 0.407. The van der Waals surface area contributed by atoms with Crippen LogP contribution in [0.2, 0.25) is 0 Å². The van der Waals surface area contributed by atoms with E-state index in [9.17, 15) is 4.79 Å². The Kier molecular flexibility index (Phi) is 5.56. The van der Waals surface area contributed by atoms with E-state index in [4.69, 9.17) is 4.74 Å². The summed E-state index contributed by atoms with van der Waals surface area (Å²) in [6, 6.07) is 11.4. The highest BCUT2D eigenvalue weighted by molar-refractivity contribution is 6.04. The van der Waals surface area contributed by atoms with Crippen molar-refractivity contribution in [3.63, 3.8) is 0 Å². The summed E-state index contributed by atoms with van der Waals surface area (Å²) in [6.07, 6.45) is 3.49. The van der Waals surface area contributed by atoms with Gasteiger partial charge in [-0.2, -0.15) is 15.3 Å². The first-order valence-electron chi connectivity index (χ1n) is 11.2. The molecule has 0 fully saturated rings. The van der Waals surface area contributed by atoms with Gasteiger partial charge in [0.05, 0.1) is 42.6 Å². The van der Waals surface area contributed by atoms with E-state index in [1.165, 1.54) is 0 Å². The molecule has 0 aliphatic rings. The highest BCUT2D eigenvalue weighted by Crippen LogP contribution is 2.25. The number of aromatic nitrogens is 7. The number of fused-ring (bicyclic) bond motifs is 1. The van der Waals surface area contributed by atoms with E-state index in [1.54, 1.807) is 34.8 Å². The number of methoxy groups -OCH3 is 1. The number of anilines is 1. The maximum atomic E-state index is 13.2. The molecule has 0 spiro atoms. The van der Waals surface area contributed by atoms with Gasteiger partial charge in [-0.05, 0) is 44.5 Å². The number of carbonyl (C=O) groups excluding carboxylic acids is 1. The fraction of sp³-hybridized carbons (Fsp3) is 0.240. The Bertz CT molecular complexity index is 1560. The molecule has 5 aromatic rings. The number of carbonyl (C=O) groups is 1. The van der Waals surface area contributed by atoms with Gasteiger partial charge in [0.15, 0.2) is 11.3 Å². The topological polar surface area (TPSA) is 104 Å². The van der Waals surface area contributed by atoms with Crippen molar-refractivity contribution in [2.24, 2.45) is 7.05 Å². The number of nitrogens with one attached hydrogen (secondary N) is 1. The van der Waals surface area contributed by atoms with Crippen molar-refractivity contribution in [3.8, 4) is 17.0 Å². The molecule has 0 bridgehead atoms. The van der Waals surface area contributed by atoms with Crippen molar-refractivity contribution >= 4 is 17.2 Å². The number of rotatable bonds is 6. The average molecular weight is 471 g/mol. The maximum absolute atomic E-state index is 13.2. The number of aryl methyl sites for hydroxylation is 2. The zero-order chi connectivity index (χ0) is 24.7. The predicted molar refractivity (Wildman–Crippen MR) is 132 cm³/mol. The van der Waals surface area contributed by atoms with Gasteiger partial charge in [-0.25, -0.2) is 9.50 Å². The van der Waals surface area contributed by atoms with E-state index in [0.717, 1.165) is 39.7 Å². The third-order valence-corrected chi connectivity index (χ3v) is 6.19. The molecule has 0 aliphatic heterocycles. The molecule has 4 heterocycles. The van der Waals surface area contributed by atoms with E-state index < -0.39 is 0 Å². The second kappa shape index (κ2) is 8.71. The third-order valence-electron chi connectivity index (χ3n) is 6.19. The molecule has 0 aliphatic carbocycles. The van der Waals surface area contributed by atoms with Crippen molar-refractivity contribution in [2.45, 2.75) is 27.3 Å². The maximum Gasteiger partial charge on any atom is 0.276 e. The average Bonchev–Trinajstić information content (AvgIpc) is 3.51. The van der Waals surface area contributed by atoms with E-state index in [-0.39, 0.29) is 11.6 Å². The normalized spacial score (nSPS) is 11.2. The molecule has 0 saturated carbocycles. The lowest BCUT2D eigenvalue weighted by Crippen LogP contribution is -2.14. The van der Waals surface area contributed by atoms with Crippen molar-refractivity contribution < 1.29 is 9.53 Å². The van der Waals surface area contributed by atoms with Crippen molar-refractivity contribution in [1.82, 2.24) is 34.2 Å². The van der Waals surface area contributed by atoms with Crippen LogP contribution in [-0.4, -0.2) is 47.2 Å². The largest absolute Gasteiger partial charge is 0.497 e. The Morgan fingerprint density at radius 2 is 1.91 bits per heavy atom. The van der Waals surface area contributed by atoms with E-state index in [0.29, 0.717) is 17.9 Å². The Labute approximate surface area is 202 Å². The fourth-order valence-electron chi connectivity index (χ4n) is 4.11. The molecule has 1 amide bonds. The van der Waals surface area contributed by atoms with Gasteiger partial charge in [-0.3, -0.25) is 14.2 Å². The summed E-state index contributed by atoms with van der Waals surface area (Å²) in [5.74, 6) is 0.468. The Morgan fingerprint density at radius 3 is 2.66 bits per heavy atom. The molecule has 10 heteroatoms. The van der Waals surface area contributed by atoms with Gasteiger partial charge >= 0.3 is 0 Å². The van der Waals surface area contributed by atoms with Gasteiger partial charge in [0.1, 0.15) is 5.75 Å². The van der Waals surface area contributed by atoms with Crippen LogP contribution in [0.25, 0.3) is 16.9 Å². The van der Waals surface area contributed by atoms with Crippen LogP contribution < -0.4 is 10.1 Å². The Hall–Kier alpha value is -4.47. The number of hydrogen-bond donors (Lipinski definition) is 1. The number of ether oxygens (including phenoxy) is 1. The third kappa shape index (κ3) is 4.03. The molecular formula is C25H26N8O2. The predicted octanol–water partition coefficient (Wildman–Crippen LogP) is 3.56. The van der Waals surface area contributed by atoms with Gasteiger partial charge in [-0.1, -0.05) is 12.1 Å². The molecule has 10 nitrogen and oxygen atoms in total. The lowest BCUT2D eigenvalue weighted by Gasteiger charge is -2.08. The van der Waals surface area contributed by atoms with Gasteiger partial charge in [0.25, 0.3) is 5.91 Å². The zero-order valence-corrected chi connectivity index (χ0v) is 20.3. The Morgan fingerprint density at radius 1 is 1.09 bits per heavy atom. The molecule has 0 saturated heterocycles. The summed E-state index contributed by atoms with van der Waals surface area (Å²) in [6.45, 7) is 6.36. The van der Waals surface area contributed by atoms with Crippen molar-refractivity contribution in [3.05, 3.63) is 77.1 Å². The van der Waals surface area contributed by atoms with E-state index in [2.05, 4.69) is 25.6 Å². The summed E-state index contributed by atoms with van der Waals surface area (Å²) in [5, 5.41) is 16.5. The standard InChI is InChI=1S/C25H26N8O2/c1-15-24(17(3)32(29-15)14-18-7-6-8-19(11-18)35-5)28-25(34)21-12-23-26-10-9-22(33(23)30-21)20-13-27-31(4)16(20)2/h6-13H,14H2,1-5H3,(H,28,34). The van der Waals surface area contributed by atoms with Gasteiger partial charge in [0.2, 0.25) is 0 Å². The minimum Gasteiger partial charge on any atom is -0.497 e. The first kappa shape index (κ1) is 22.3. The van der Waals surface area contributed by atoms with E-state index >= 15 is 0 Å². The van der Waals surface area contributed by atoms with Crippen LogP contribution in [0.5, 0.6) is 5.75 Å². The summed E-state index contributed by atoms with van der Waals surface area (Å²) in [5.41, 5.74) is 6.90. The molecule has 178 valence electrons. The summed E-state index contributed by atoms with van der Waals surface area (Å²) in [4.78, 5) is 17.6. The van der Waals surface area contributed by atoms with Gasteiger partial charge in [0, 0.05) is 30.6 Å². The lowest BCUT2D eigenvalue weighted by atomic mass is 10.2. The van der Waals surface area contributed by atoms with Gasteiger partial charge in [-0.15, -0.1) is 0 Å². The minimum absolute atomic E-state index is 0.269. The molecule has 35 heavy (non-hydrogen) atoms. The van der Waals surface area contributed by atoms with Crippen LogP contribution in [-0.2, 0) is 13.6 Å². The monoisotopic (exact) mass is 470 g/mol. The molecular weight excluding hydrogens is 444 g/mol. The first-order valence-corrected chi connectivity index (χ1v) is 11.2. The van der Waals surface area contributed by atoms with E-state index in [1.807, 2.05) is 62.8 Å². The molecule has 1 N–H and O–H groups in total. The Balaban J connectivity index is 1.42. The molecule has 5 rings (SSSR count). The molecule has 0 atom stereocenters. The highest BCUT2D eigenvalue weighted by Gasteiger charge is 2.20. The summed E-state index contributed by atoms with van der Waals surface area (Å²) in [7, 11) is 3.53. The summed E-state index contributed by atoms with van der Waals surface area (Å²) < 4.78 is 10.7. The smallest absolute Gasteiger partial charge is 0.276 e. The van der Waals surface area contributed by atoms with Crippen LogP contribution in [0.15, 0.2) is 48.8 Å². The van der Waals surface area contributed by atoms with Crippen molar-refractivity contribution in [1.29, 1.82) is 0 Å². The fourth-order valence-corrected chi connectivity index (χ4v) is 4.11. The lowest BCUT2D eigenvalue weighted by molar-refractivity contribution is 0.102. The van der Waals surface area contributed by atoms with Crippen LogP contribution in [0.4, 0.5) is 5.69 Å². The molecule has 0 radical (unpaired) electrons. The number of hydrogen-bond acceptors (Lipinski definition) is 6. The number of benzene rings is 1. The minimum atomic E-state index is -0.323. The molecule has 4 aromatic heterocycles. The number of amides is 1. The van der Waals surface area contributed by atoms with Crippen LogP contribution >= 0.6 is 0 Å². The molecule has 0 unspecified atom stereocenters. The van der Waals surface area contributed by atoms with Gasteiger partial charge < -0.3 is 10.1 Å². The second-order valence-electron chi connectivity index (χ2n) is 8.41. The zero-order valence-electron chi connectivity index (χ0n) is 20.3. The SMILES string of the molecule is COc1cccc(Cn2nc(C)c(NC(=O)c3cc4nccc(-c5cnn(C)c5C)n4n3)c2C)c1.